The smallest absolute Gasteiger partial charge is 0.413 e. The molecule has 4 aromatic rings. The Hall–Kier alpha value is -5.42. The highest BCUT2D eigenvalue weighted by atomic mass is 35.5. The first-order valence-electron chi connectivity index (χ1n) is 30.1. The normalized spacial score (nSPS) is 29.6. The number of halogens is 3. The minimum Gasteiger partial charge on any atom is -0.478 e. The number of nitrogens with one attached hydrogen (secondary N) is 2. The van der Waals surface area contributed by atoms with E-state index >= 15 is 0 Å². The Labute approximate surface area is 512 Å². The molecule has 4 fully saturated rings. The lowest BCUT2D eigenvalue weighted by atomic mass is 9.78. The molecule has 4 aromatic carbocycles. The van der Waals surface area contributed by atoms with Crippen LogP contribution in [-0.4, -0.2) is 109 Å². The molecule has 0 spiro atoms. The zero-order valence-corrected chi connectivity index (χ0v) is 52.2. The number of hydrogen-bond donors (Lipinski definition) is 3. The highest BCUT2D eigenvalue weighted by molar-refractivity contribution is 6.40. The molecule has 8 aliphatic rings. The number of anilines is 3. The summed E-state index contributed by atoms with van der Waals surface area (Å²) in [6.07, 6.45) is 4.43. The molecular formula is C66H86Cl3N5O10. The van der Waals surface area contributed by atoms with Gasteiger partial charge in [-0.05, 0) is 127 Å². The van der Waals surface area contributed by atoms with Crippen molar-refractivity contribution in [1.82, 2.24) is 10.2 Å². The van der Waals surface area contributed by atoms with Gasteiger partial charge in [-0.25, -0.2) is 14.4 Å². The van der Waals surface area contributed by atoms with Crippen molar-refractivity contribution in [3.63, 3.8) is 0 Å². The summed E-state index contributed by atoms with van der Waals surface area (Å²) in [5.74, 6) is 2.44. The summed E-state index contributed by atoms with van der Waals surface area (Å²) < 4.78 is 23.2. The maximum atomic E-state index is 13.3. The van der Waals surface area contributed by atoms with Crippen LogP contribution in [0.25, 0.3) is 11.1 Å². The molecule has 15 nitrogen and oxygen atoms in total. The third-order valence-electron chi connectivity index (χ3n) is 19.6. The summed E-state index contributed by atoms with van der Waals surface area (Å²) in [4.78, 5) is 68.5. The van der Waals surface area contributed by atoms with Crippen LogP contribution in [0.1, 0.15) is 138 Å². The summed E-state index contributed by atoms with van der Waals surface area (Å²) in [7, 11) is 0. The van der Waals surface area contributed by atoms with Crippen LogP contribution in [0.15, 0.2) is 84.9 Å². The number of carboxylic acids is 1. The molecule has 2 saturated carbocycles. The summed E-state index contributed by atoms with van der Waals surface area (Å²) in [5, 5.41) is 15.9. The van der Waals surface area contributed by atoms with Gasteiger partial charge in [0.15, 0.2) is 11.6 Å². The van der Waals surface area contributed by atoms with Gasteiger partial charge in [-0.1, -0.05) is 127 Å². The second-order valence-corrected chi connectivity index (χ2v) is 25.2. The zero-order chi connectivity index (χ0) is 59.2. The Bertz CT molecular complexity index is 2970. The van der Waals surface area contributed by atoms with Crippen LogP contribution in [0.2, 0.25) is 0 Å². The molecule has 18 heteroatoms. The molecule has 12 rings (SSSR count). The van der Waals surface area contributed by atoms with E-state index < -0.39 is 36.9 Å². The molecule has 2 aliphatic carbocycles. The molecule has 84 heavy (non-hydrogen) atoms. The molecule has 14 atom stereocenters. The number of benzene rings is 4. The average Bonchev–Trinajstić information content (AvgIpc) is 1.88. The fraction of sp³-hybridized carbons (Fsp3) is 0.561. The van der Waals surface area contributed by atoms with Gasteiger partial charge in [0.05, 0.1) is 23.1 Å². The summed E-state index contributed by atoms with van der Waals surface area (Å²) in [5.41, 5.74) is 10.4. The lowest BCUT2D eigenvalue weighted by Crippen LogP contribution is -2.50. The average molecular weight is 1220 g/mol. The molecule has 2 amide bonds. The first kappa shape index (κ1) is 64.6. The van der Waals surface area contributed by atoms with Gasteiger partial charge < -0.3 is 44.1 Å². The maximum absolute atomic E-state index is 13.3. The second-order valence-electron chi connectivity index (χ2n) is 24.4. The highest BCUT2D eigenvalue weighted by Crippen LogP contribution is 2.51. The Balaban J connectivity index is 0.000000166. The predicted molar refractivity (Wildman–Crippen MR) is 333 cm³/mol. The van der Waals surface area contributed by atoms with E-state index in [1.54, 1.807) is 60.6 Å². The number of carboxylic acid groups (broad SMARTS) is 1. The number of ketones is 2. The van der Waals surface area contributed by atoms with Crippen LogP contribution >= 0.6 is 35.6 Å². The van der Waals surface area contributed by atoms with E-state index in [4.69, 9.17) is 42.1 Å². The van der Waals surface area contributed by atoms with Crippen molar-refractivity contribution in [2.45, 2.75) is 144 Å². The van der Waals surface area contributed by atoms with Gasteiger partial charge in [0.2, 0.25) is 12.6 Å². The monoisotopic (exact) mass is 1210 g/mol. The number of carbonyl (C=O) groups is 5. The molecular weight excluding hydrogens is 1130 g/mol. The van der Waals surface area contributed by atoms with Crippen LogP contribution in [0.5, 0.6) is 0 Å². The Morgan fingerprint density at radius 2 is 1.13 bits per heavy atom. The van der Waals surface area contributed by atoms with Gasteiger partial charge in [0.25, 0.3) is 0 Å². The number of nitrogens with zero attached hydrogens (tertiary/aromatic N) is 3. The van der Waals surface area contributed by atoms with E-state index in [0.717, 1.165) is 43.9 Å². The van der Waals surface area contributed by atoms with Gasteiger partial charge in [-0.3, -0.25) is 14.9 Å². The standard InChI is InChI=1S/C26H36N2O4.C24H27NO6.C15H20N2.CH2Cl2.ClH/c1-15-16(2)24(18(4)29)31-25(17(15)3)32-26(30)28-12-11-27-13-19-7-5-9-21(19)22-10-6-8-20(14-28)23(22)27;1-13-14(2)21(16(4)26)30-23(15(13)3)31-24(29)25-20-12-8-7-10-18(20)17-9-5-6-11-19(17)22(27)28;1-3-11-9-16-7-8-17-10-12-4-2-5-13(12)14(6-1)15(11)17;2-1-3;/h6,8,10,15-17,19,21,24-25H,5,7,9,11-14H2,1-4H3;5-15,21,23H,1-4H3,(H,25,29)(H,27,28);1,3,6,12-13,16H,2,4-5,7-10H2;1H2;1H/t15?,16?,17?,19-,21-,24?,25?;;12-,13-;;/m0.0../s1. The van der Waals surface area contributed by atoms with Crippen molar-refractivity contribution < 1.29 is 48.0 Å². The second kappa shape index (κ2) is 28.8. The van der Waals surface area contributed by atoms with Crippen molar-refractivity contribution >= 4 is 82.4 Å². The van der Waals surface area contributed by atoms with E-state index in [1.165, 1.54) is 87.0 Å². The predicted octanol–water partition coefficient (Wildman–Crippen LogP) is 13.7. The van der Waals surface area contributed by atoms with Crippen molar-refractivity contribution in [3.05, 3.63) is 113 Å². The number of hydrogen-bond acceptors (Lipinski definition) is 12. The number of amides is 2. The van der Waals surface area contributed by atoms with Crippen LogP contribution in [0.3, 0.4) is 0 Å². The van der Waals surface area contributed by atoms with Crippen molar-refractivity contribution in [2.24, 2.45) is 47.3 Å². The third kappa shape index (κ3) is 14.0. The lowest BCUT2D eigenvalue weighted by Gasteiger charge is -2.42. The van der Waals surface area contributed by atoms with Crippen molar-refractivity contribution in [1.29, 1.82) is 0 Å². The van der Waals surface area contributed by atoms with E-state index in [2.05, 4.69) is 63.8 Å². The zero-order valence-electron chi connectivity index (χ0n) is 49.9. The maximum Gasteiger partial charge on any atom is 0.413 e. The summed E-state index contributed by atoms with van der Waals surface area (Å²) >= 11 is 9.53. The number of aromatic carboxylic acids is 1. The van der Waals surface area contributed by atoms with Crippen LogP contribution in [-0.2, 0) is 41.6 Å². The number of carbonyl (C=O) groups excluding carboxylic acids is 4. The van der Waals surface area contributed by atoms with E-state index in [9.17, 15) is 29.1 Å². The minimum atomic E-state index is -1.06. The van der Waals surface area contributed by atoms with Crippen LogP contribution < -0.4 is 20.4 Å². The summed E-state index contributed by atoms with van der Waals surface area (Å²) in [6.45, 7) is 22.9. The minimum absolute atomic E-state index is 0. The first-order valence-corrected chi connectivity index (χ1v) is 31.2. The first-order chi connectivity index (χ1) is 39.9. The number of Topliss-reactive ketones (excluding diaryl/α,β-unsaturated/α-hetero) is 2. The van der Waals surface area contributed by atoms with Gasteiger partial charge in [0, 0.05) is 74.6 Å². The van der Waals surface area contributed by atoms with Gasteiger partial charge in [0.1, 0.15) is 12.2 Å². The largest absolute Gasteiger partial charge is 0.478 e. The fourth-order valence-electron chi connectivity index (χ4n) is 14.6. The molecule has 10 unspecified atom stereocenters. The number of para-hydroxylation sites is 3. The molecule has 0 aromatic heterocycles. The molecule has 456 valence electrons. The molecule has 6 heterocycles. The quantitative estimate of drug-likeness (QED) is 0.149. The molecule has 6 aliphatic heterocycles. The van der Waals surface area contributed by atoms with Gasteiger partial charge in [-0.2, -0.15) is 0 Å². The Kier molecular flexibility index (Phi) is 22.2. The SMILES string of the molecule is CC(=O)C1OC(OC(=O)N2CCN3C[C@@H]4CCC[C@@H]4c4cccc(c43)C2)C(C)C(C)C1C.CC(=O)C1OC(OC(=O)Nc2ccccc2-c2ccccc2C(=O)O)C(C)C(C)C1C.Cl.ClCCl.c1cc2c3c(c1)[C@H]1CCC[C@H]1CN3CCNC2. The summed E-state index contributed by atoms with van der Waals surface area (Å²) in [6, 6.07) is 27.0. The number of fused-ring (bicyclic) bond motifs is 4. The molecule has 0 radical (unpaired) electrons. The van der Waals surface area contributed by atoms with Gasteiger partial charge >= 0.3 is 18.2 Å². The Morgan fingerprint density at radius 1 is 0.619 bits per heavy atom. The van der Waals surface area contributed by atoms with Crippen molar-refractivity contribution in [2.75, 3.05) is 59.7 Å². The fourth-order valence-corrected chi connectivity index (χ4v) is 14.6. The number of alkyl halides is 2. The van der Waals surface area contributed by atoms with E-state index in [0.29, 0.717) is 35.8 Å². The topological polar surface area (TPSA) is 176 Å². The van der Waals surface area contributed by atoms with E-state index in [1.807, 2.05) is 39.5 Å². The third-order valence-corrected chi connectivity index (χ3v) is 19.6. The van der Waals surface area contributed by atoms with Crippen LogP contribution in [0.4, 0.5) is 26.7 Å². The molecule has 2 saturated heterocycles. The van der Waals surface area contributed by atoms with Crippen molar-refractivity contribution in [3.8, 4) is 11.1 Å². The highest BCUT2D eigenvalue weighted by Gasteiger charge is 2.46. The van der Waals surface area contributed by atoms with Gasteiger partial charge in [-0.15, -0.1) is 35.6 Å². The van der Waals surface area contributed by atoms with Crippen LogP contribution in [0, 0.1) is 47.3 Å². The lowest BCUT2D eigenvalue weighted by molar-refractivity contribution is -0.223. The molecule has 3 N–H and O–H groups in total. The molecule has 0 bridgehead atoms. The number of rotatable bonds is 7. The van der Waals surface area contributed by atoms with E-state index in [-0.39, 0.29) is 76.5 Å². The number of ether oxygens (including phenoxy) is 4. The Morgan fingerprint density at radius 3 is 1.70 bits per heavy atom.